The number of aromatic amines is 1. The summed E-state index contributed by atoms with van der Waals surface area (Å²) in [5, 5.41) is 0. The zero-order chi connectivity index (χ0) is 14.1. The molecule has 2 aromatic rings. The van der Waals surface area contributed by atoms with Crippen molar-refractivity contribution < 1.29 is 4.74 Å². The maximum absolute atomic E-state index is 12.0. The smallest absolute Gasteiger partial charge is 0.264 e. The van der Waals surface area contributed by atoms with Crippen LogP contribution in [0.25, 0.3) is 0 Å². The van der Waals surface area contributed by atoms with E-state index in [1.54, 1.807) is 7.11 Å². The molecule has 1 aliphatic rings. The van der Waals surface area contributed by atoms with Gasteiger partial charge in [0, 0.05) is 17.9 Å². The molecule has 0 unspecified atom stereocenters. The molecule has 1 heterocycles. The lowest BCUT2D eigenvalue weighted by molar-refractivity contribution is 0.410. The molecule has 1 N–H and O–H groups in total. The van der Waals surface area contributed by atoms with Crippen LogP contribution in [-0.4, -0.2) is 17.1 Å². The first-order chi connectivity index (χ1) is 9.69. The van der Waals surface area contributed by atoms with Gasteiger partial charge in [0.25, 0.3) is 5.56 Å². The molecule has 1 aliphatic carbocycles. The standard InChI is InChI=1S/C15H15IN2O2/c1-20-11-5-3-2-4-10(11)8-12-17-14(9-6-7-9)13(16)15(19)18-12/h2-5,9H,6-8H2,1H3,(H,17,18,19). The van der Waals surface area contributed by atoms with Crippen molar-refractivity contribution in [2.45, 2.75) is 25.2 Å². The van der Waals surface area contributed by atoms with Gasteiger partial charge in [-0.1, -0.05) is 18.2 Å². The number of nitrogens with one attached hydrogen (secondary N) is 1. The van der Waals surface area contributed by atoms with E-state index in [0.29, 0.717) is 18.2 Å². The number of ether oxygens (including phenoxy) is 1. The second-order valence-corrected chi connectivity index (χ2v) is 6.05. The highest BCUT2D eigenvalue weighted by atomic mass is 127. The molecule has 1 aromatic carbocycles. The Morgan fingerprint density at radius 2 is 2.15 bits per heavy atom. The summed E-state index contributed by atoms with van der Waals surface area (Å²) in [4.78, 5) is 19.5. The molecule has 5 heteroatoms. The normalized spacial score (nSPS) is 14.3. The van der Waals surface area contributed by atoms with Gasteiger partial charge in [-0.05, 0) is 41.5 Å². The van der Waals surface area contributed by atoms with E-state index in [1.807, 2.05) is 24.3 Å². The minimum Gasteiger partial charge on any atom is -0.496 e. The van der Waals surface area contributed by atoms with Gasteiger partial charge in [0.1, 0.15) is 11.6 Å². The molecular weight excluding hydrogens is 367 g/mol. The summed E-state index contributed by atoms with van der Waals surface area (Å²) in [7, 11) is 1.65. The zero-order valence-electron chi connectivity index (χ0n) is 11.1. The lowest BCUT2D eigenvalue weighted by Crippen LogP contribution is -2.18. The number of hydrogen-bond acceptors (Lipinski definition) is 3. The predicted octanol–water partition coefficient (Wildman–Crippen LogP) is 2.85. The Balaban J connectivity index is 1.96. The minimum atomic E-state index is -0.0348. The van der Waals surface area contributed by atoms with Crippen LogP contribution in [0.15, 0.2) is 29.1 Å². The van der Waals surface area contributed by atoms with Crippen LogP contribution in [0, 0.1) is 3.57 Å². The van der Waals surface area contributed by atoms with Gasteiger partial charge in [-0.25, -0.2) is 4.98 Å². The number of methoxy groups -OCH3 is 1. The number of aromatic nitrogens is 2. The molecule has 104 valence electrons. The average Bonchev–Trinajstić information content (AvgIpc) is 3.28. The number of hydrogen-bond donors (Lipinski definition) is 1. The predicted molar refractivity (Wildman–Crippen MR) is 85.3 cm³/mol. The summed E-state index contributed by atoms with van der Waals surface area (Å²) in [6.07, 6.45) is 2.86. The van der Waals surface area contributed by atoms with Gasteiger partial charge in [0.05, 0.1) is 16.4 Å². The fourth-order valence-electron chi connectivity index (χ4n) is 2.27. The summed E-state index contributed by atoms with van der Waals surface area (Å²) >= 11 is 2.09. The first-order valence-electron chi connectivity index (χ1n) is 6.59. The van der Waals surface area contributed by atoms with E-state index in [-0.39, 0.29) is 5.56 Å². The molecule has 0 aliphatic heterocycles. The van der Waals surface area contributed by atoms with Gasteiger partial charge in [-0.3, -0.25) is 4.79 Å². The number of para-hydroxylation sites is 1. The molecule has 0 atom stereocenters. The van der Waals surface area contributed by atoms with Gasteiger partial charge >= 0.3 is 0 Å². The molecule has 0 amide bonds. The van der Waals surface area contributed by atoms with E-state index in [9.17, 15) is 4.79 Å². The second kappa shape index (κ2) is 5.55. The summed E-state index contributed by atoms with van der Waals surface area (Å²) in [5.41, 5.74) is 1.95. The monoisotopic (exact) mass is 382 g/mol. The van der Waals surface area contributed by atoms with E-state index in [1.165, 1.54) is 0 Å². The number of benzene rings is 1. The Labute approximate surface area is 130 Å². The van der Waals surface area contributed by atoms with E-state index in [0.717, 1.165) is 33.4 Å². The lowest BCUT2D eigenvalue weighted by Gasteiger charge is -2.09. The van der Waals surface area contributed by atoms with E-state index in [4.69, 9.17) is 4.74 Å². The Morgan fingerprint density at radius 3 is 2.85 bits per heavy atom. The van der Waals surface area contributed by atoms with Crippen molar-refractivity contribution in [3.63, 3.8) is 0 Å². The molecule has 0 saturated heterocycles. The van der Waals surface area contributed by atoms with Crippen LogP contribution in [0.1, 0.15) is 35.8 Å². The number of nitrogens with zero attached hydrogens (tertiary/aromatic N) is 1. The van der Waals surface area contributed by atoms with Gasteiger partial charge in [0.15, 0.2) is 0 Å². The number of rotatable bonds is 4. The molecule has 0 spiro atoms. The maximum Gasteiger partial charge on any atom is 0.264 e. The average molecular weight is 382 g/mol. The van der Waals surface area contributed by atoms with E-state index < -0.39 is 0 Å². The highest BCUT2D eigenvalue weighted by Gasteiger charge is 2.28. The highest BCUT2D eigenvalue weighted by Crippen LogP contribution is 2.40. The molecule has 1 fully saturated rings. The molecule has 20 heavy (non-hydrogen) atoms. The molecule has 0 bridgehead atoms. The summed E-state index contributed by atoms with van der Waals surface area (Å²) < 4.78 is 6.07. The minimum absolute atomic E-state index is 0.0348. The van der Waals surface area contributed by atoms with Crippen molar-refractivity contribution >= 4 is 22.6 Å². The number of H-pyrrole nitrogens is 1. The Morgan fingerprint density at radius 1 is 1.40 bits per heavy atom. The third kappa shape index (κ3) is 2.72. The first-order valence-corrected chi connectivity index (χ1v) is 7.67. The lowest BCUT2D eigenvalue weighted by atomic mass is 10.1. The van der Waals surface area contributed by atoms with Gasteiger partial charge in [-0.2, -0.15) is 0 Å². The Bertz CT molecular complexity index is 693. The third-order valence-corrected chi connectivity index (χ3v) is 4.49. The van der Waals surface area contributed by atoms with Crippen LogP contribution in [-0.2, 0) is 6.42 Å². The first kappa shape index (κ1) is 13.6. The molecular formula is C15H15IN2O2. The van der Waals surface area contributed by atoms with Crippen LogP contribution in [0.3, 0.4) is 0 Å². The topological polar surface area (TPSA) is 55.0 Å². The molecule has 0 radical (unpaired) electrons. The van der Waals surface area contributed by atoms with Crippen molar-refractivity contribution in [2.24, 2.45) is 0 Å². The SMILES string of the molecule is COc1ccccc1Cc1nc(C2CC2)c(I)c(=O)[nH]1. The van der Waals surface area contributed by atoms with Gasteiger partial charge in [-0.15, -0.1) is 0 Å². The van der Waals surface area contributed by atoms with Gasteiger partial charge in [0.2, 0.25) is 0 Å². The van der Waals surface area contributed by atoms with Crippen molar-refractivity contribution in [2.75, 3.05) is 7.11 Å². The Kier molecular flexibility index (Phi) is 3.78. The maximum atomic E-state index is 12.0. The third-order valence-electron chi connectivity index (χ3n) is 3.45. The molecule has 1 aromatic heterocycles. The quantitative estimate of drug-likeness (QED) is 0.828. The van der Waals surface area contributed by atoms with E-state index in [2.05, 4.69) is 32.6 Å². The van der Waals surface area contributed by atoms with Crippen LogP contribution in [0.5, 0.6) is 5.75 Å². The van der Waals surface area contributed by atoms with Crippen LogP contribution in [0.2, 0.25) is 0 Å². The fraction of sp³-hybridized carbons (Fsp3) is 0.333. The molecule has 1 saturated carbocycles. The summed E-state index contributed by atoms with van der Waals surface area (Å²) in [6, 6.07) is 7.81. The van der Waals surface area contributed by atoms with E-state index >= 15 is 0 Å². The summed E-state index contributed by atoms with van der Waals surface area (Å²) in [5.74, 6) is 2.00. The van der Waals surface area contributed by atoms with Crippen molar-refractivity contribution in [3.05, 3.63) is 55.3 Å². The van der Waals surface area contributed by atoms with Crippen molar-refractivity contribution in [1.82, 2.24) is 9.97 Å². The van der Waals surface area contributed by atoms with Crippen molar-refractivity contribution in [1.29, 1.82) is 0 Å². The number of halogens is 1. The van der Waals surface area contributed by atoms with Gasteiger partial charge < -0.3 is 9.72 Å². The summed E-state index contributed by atoms with van der Waals surface area (Å²) in [6.45, 7) is 0. The largest absolute Gasteiger partial charge is 0.496 e. The highest BCUT2D eigenvalue weighted by molar-refractivity contribution is 14.1. The second-order valence-electron chi connectivity index (χ2n) is 4.97. The zero-order valence-corrected chi connectivity index (χ0v) is 13.3. The molecule has 3 rings (SSSR count). The Hall–Kier alpha value is -1.37. The van der Waals surface area contributed by atoms with Crippen molar-refractivity contribution in [3.8, 4) is 5.75 Å². The fourth-order valence-corrected chi connectivity index (χ4v) is 2.96. The van der Waals surface area contributed by atoms with Crippen LogP contribution < -0.4 is 10.3 Å². The molecule has 4 nitrogen and oxygen atoms in total. The van der Waals surface area contributed by atoms with Crippen LogP contribution in [0.4, 0.5) is 0 Å². The van der Waals surface area contributed by atoms with Crippen LogP contribution >= 0.6 is 22.6 Å².